The van der Waals surface area contributed by atoms with Crippen molar-refractivity contribution < 1.29 is 0 Å². The van der Waals surface area contributed by atoms with Crippen LogP contribution in [0.4, 0.5) is 0 Å². The Morgan fingerprint density at radius 2 is 1.78 bits per heavy atom. The Bertz CT molecular complexity index is 207. The van der Waals surface area contributed by atoms with Gasteiger partial charge in [0.05, 0.1) is 0 Å². The molecule has 18 heavy (non-hydrogen) atoms. The summed E-state index contributed by atoms with van der Waals surface area (Å²) in [5.41, 5.74) is 0.549. The van der Waals surface area contributed by atoms with E-state index in [1.807, 2.05) is 0 Å². The third kappa shape index (κ3) is 5.27. The molecule has 0 heterocycles. The van der Waals surface area contributed by atoms with E-state index < -0.39 is 0 Å². The fourth-order valence-corrected chi connectivity index (χ4v) is 3.25. The summed E-state index contributed by atoms with van der Waals surface area (Å²) in [5.74, 6) is 0. The zero-order valence-corrected chi connectivity index (χ0v) is 13.1. The Hall–Kier alpha value is -0.0800. The molecular weight excluding hydrogens is 220 g/mol. The number of hydrogen-bond donors (Lipinski definition) is 1. The summed E-state index contributed by atoms with van der Waals surface area (Å²) in [7, 11) is 0. The average molecular weight is 254 g/mol. The zero-order valence-electron chi connectivity index (χ0n) is 13.1. The van der Waals surface area contributed by atoms with Crippen molar-refractivity contribution in [3.63, 3.8) is 0 Å². The van der Waals surface area contributed by atoms with Crippen LogP contribution in [0.25, 0.3) is 0 Å². The van der Waals surface area contributed by atoms with Gasteiger partial charge in [0, 0.05) is 19.1 Å². The maximum absolute atomic E-state index is 3.70. The van der Waals surface area contributed by atoms with Crippen LogP contribution in [0.3, 0.4) is 0 Å². The molecule has 0 aromatic rings. The molecule has 1 rings (SSSR count). The monoisotopic (exact) mass is 254 g/mol. The van der Waals surface area contributed by atoms with Gasteiger partial charge in [-0.15, -0.1) is 0 Å². The highest BCUT2D eigenvalue weighted by atomic mass is 15.1. The molecule has 1 N–H and O–H groups in total. The van der Waals surface area contributed by atoms with Gasteiger partial charge in [-0.3, -0.25) is 0 Å². The molecule has 0 aromatic carbocycles. The van der Waals surface area contributed by atoms with E-state index in [0.717, 1.165) is 0 Å². The van der Waals surface area contributed by atoms with Crippen LogP contribution in [-0.2, 0) is 0 Å². The molecule has 0 aliphatic heterocycles. The van der Waals surface area contributed by atoms with Gasteiger partial charge in [-0.1, -0.05) is 47.0 Å². The van der Waals surface area contributed by atoms with Crippen molar-refractivity contribution in [3.8, 4) is 0 Å². The summed E-state index contributed by atoms with van der Waals surface area (Å²) in [6.07, 6.45) is 8.44. The Morgan fingerprint density at radius 1 is 1.11 bits per heavy atom. The molecule has 0 amide bonds. The fraction of sp³-hybridized carbons (Fsp3) is 1.00. The smallest absolute Gasteiger partial charge is 0.00500 e. The molecule has 1 saturated carbocycles. The lowest BCUT2D eigenvalue weighted by Crippen LogP contribution is -2.47. The maximum atomic E-state index is 3.70. The second-order valence-electron chi connectivity index (χ2n) is 6.47. The Labute approximate surface area is 115 Å². The number of nitrogens with zero attached hydrogens (tertiary/aromatic N) is 1. The van der Waals surface area contributed by atoms with Gasteiger partial charge in [-0.25, -0.2) is 0 Å². The van der Waals surface area contributed by atoms with Gasteiger partial charge in [-0.05, 0) is 37.8 Å². The largest absolute Gasteiger partial charge is 0.314 e. The van der Waals surface area contributed by atoms with Gasteiger partial charge in [-0.2, -0.15) is 0 Å². The minimum absolute atomic E-state index is 0.549. The Balaban J connectivity index is 2.57. The van der Waals surface area contributed by atoms with Crippen LogP contribution >= 0.6 is 0 Å². The fourth-order valence-electron chi connectivity index (χ4n) is 3.25. The quantitative estimate of drug-likeness (QED) is 0.711. The van der Waals surface area contributed by atoms with Crippen molar-refractivity contribution in [1.82, 2.24) is 10.2 Å². The zero-order chi connectivity index (χ0) is 13.4. The molecule has 1 aliphatic carbocycles. The van der Waals surface area contributed by atoms with Crippen molar-refractivity contribution in [2.45, 2.75) is 72.3 Å². The van der Waals surface area contributed by atoms with E-state index in [4.69, 9.17) is 0 Å². The highest BCUT2D eigenvalue weighted by molar-refractivity contribution is 4.88. The van der Waals surface area contributed by atoms with Gasteiger partial charge >= 0.3 is 0 Å². The van der Waals surface area contributed by atoms with E-state index in [1.165, 1.54) is 64.7 Å². The first-order chi connectivity index (χ1) is 8.62. The van der Waals surface area contributed by atoms with Gasteiger partial charge < -0.3 is 10.2 Å². The van der Waals surface area contributed by atoms with Crippen molar-refractivity contribution in [2.24, 2.45) is 5.41 Å². The van der Waals surface area contributed by atoms with Gasteiger partial charge in [0.25, 0.3) is 0 Å². The van der Waals surface area contributed by atoms with Crippen LogP contribution in [0, 0.1) is 5.41 Å². The number of nitrogens with one attached hydrogen (secondary N) is 1. The second-order valence-corrected chi connectivity index (χ2v) is 6.47. The van der Waals surface area contributed by atoms with Crippen molar-refractivity contribution in [1.29, 1.82) is 0 Å². The second kappa shape index (κ2) is 8.16. The van der Waals surface area contributed by atoms with E-state index in [0.29, 0.717) is 11.5 Å². The summed E-state index contributed by atoms with van der Waals surface area (Å²) >= 11 is 0. The van der Waals surface area contributed by atoms with Crippen LogP contribution in [0.2, 0.25) is 0 Å². The van der Waals surface area contributed by atoms with E-state index in [1.54, 1.807) is 0 Å². The minimum atomic E-state index is 0.549. The first kappa shape index (κ1) is 16.0. The van der Waals surface area contributed by atoms with E-state index >= 15 is 0 Å². The molecule has 0 aromatic heterocycles. The minimum Gasteiger partial charge on any atom is -0.314 e. The van der Waals surface area contributed by atoms with Crippen molar-refractivity contribution in [2.75, 3.05) is 26.2 Å². The molecule has 108 valence electrons. The predicted octanol–water partition coefficient (Wildman–Crippen LogP) is 3.67. The Morgan fingerprint density at radius 3 is 2.28 bits per heavy atom. The summed E-state index contributed by atoms with van der Waals surface area (Å²) in [5, 5.41) is 3.70. The third-order valence-electron chi connectivity index (χ3n) is 4.35. The summed E-state index contributed by atoms with van der Waals surface area (Å²) in [4.78, 5) is 2.66. The van der Waals surface area contributed by atoms with Gasteiger partial charge in [0.1, 0.15) is 0 Å². The van der Waals surface area contributed by atoms with Crippen molar-refractivity contribution in [3.05, 3.63) is 0 Å². The summed E-state index contributed by atoms with van der Waals surface area (Å²) < 4.78 is 0. The van der Waals surface area contributed by atoms with Gasteiger partial charge in [0.2, 0.25) is 0 Å². The molecule has 0 unspecified atom stereocenters. The lowest BCUT2D eigenvalue weighted by Gasteiger charge is -2.41. The van der Waals surface area contributed by atoms with Crippen molar-refractivity contribution >= 4 is 0 Å². The molecule has 1 fully saturated rings. The lowest BCUT2D eigenvalue weighted by molar-refractivity contribution is 0.103. The first-order valence-electron chi connectivity index (χ1n) is 8.07. The first-order valence-corrected chi connectivity index (χ1v) is 8.07. The normalized spacial score (nSPS) is 19.7. The van der Waals surface area contributed by atoms with Crippen LogP contribution in [0.1, 0.15) is 66.2 Å². The third-order valence-corrected chi connectivity index (χ3v) is 4.35. The molecule has 0 spiro atoms. The highest BCUT2D eigenvalue weighted by Gasteiger charge is 2.33. The highest BCUT2D eigenvalue weighted by Crippen LogP contribution is 2.36. The molecular formula is C16H34N2. The van der Waals surface area contributed by atoms with Crippen LogP contribution in [-0.4, -0.2) is 37.1 Å². The summed E-state index contributed by atoms with van der Waals surface area (Å²) in [6, 6.07) is 0.616. The average Bonchev–Trinajstić information content (AvgIpc) is 2.37. The molecule has 0 atom stereocenters. The molecule has 0 radical (unpaired) electrons. The number of rotatable bonds is 8. The van der Waals surface area contributed by atoms with E-state index in [-0.39, 0.29) is 0 Å². The van der Waals surface area contributed by atoms with E-state index in [2.05, 4.69) is 37.9 Å². The standard InChI is InChI=1S/C16H34N2/c1-5-12-18(6-2)14-16(13-17-15(3)4)10-8-7-9-11-16/h15,17H,5-14H2,1-4H3. The molecule has 2 heteroatoms. The van der Waals surface area contributed by atoms with Gasteiger partial charge in [0.15, 0.2) is 0 Å². The molecule has 0 bridgehead atoms. The topological polar surface area (TPSA) is 15.3 Å². The predicted molar refractivity (Wildman–Crippen MR) is 81.1 cm³/mol. The van der Waals surface area contributed by atoms with Crippen LogP contribution < -0.4 is 5.32 Å². The molecule has 0 saturated heterocycles. The lowest BCUT2D eigenvalue weighted by atomic mass is 9.73. The van der Waals surface area contributed by atoms with Crippen LogP contribution in [0.5, 0.6) is 0 Å². The summed E-state index contributed by atoms with van der Waals surface area (Å²) in [6.45, 7) is 14.1. The molecule has 2 nitrogen and oxygen atoms in total. The number of hydrogen-bond acceptors (Lipinski definition) is 2. The SMILES string of the molecule is CCCN(CC)CC1(CNC(C)C)CCCCC1. The van der Waals surface area contributed by atoms with E-state index in [9.17, 15) is 0 Å². The maximum Gasteiger partial charge on any atom is 0.00500 e. The van der Waals surface area contributed by atoms with Crippen LogP contribution in [0.15, 0.2) is 0 Å². The molecule has 1 aliphatic rings. The Kier molecular flexibility index (Phi) is 7.25.